The summed E-state index contributed by atoms with van der Waals surface area (Å²) >= 11 is 5.86. The molecule has 0 bridgehead atoms. The molecular formula is C13H17ClF3N3O. The van der Waals surface area contributed by atoms with Gasteiger partial charge in [0.15, 0.2) is 0 Å². The van der Waals surface area contributed by atoms with E-state index >= 15 is 0 Å². The summed E-state index contributed by atoms with van der Waals surface area (Å²) in [7, 11) is 0. The highest BCUT2D eigenvalue weighted by atomic mass is 35.5. The molecule has 118 valence electrons. The van der Waals surface area contributed by atoms with Gasteiger partial charge in [0.1, 0.15) is 11.5 Å². The molecule has 1 aromatic heterocycles. The third kappa shape index (κ3) is 6.29. The van der Waals surface area contributed by atoms with Crippen LogP contribution in [0.25, 0.3) is 0 Å². The van der Waals surface area contributed by atoms with Gasteiger partial charge in [0, 0.05) is 18.9 Å². The molecule has 0 aromatic carbocycles. The first-order valence-corrected chi connectivity index (χ1v) is 6.96. The van der Waals surface area contributed by atoms with Crippen LogP contribution < -0.4 is 5.32 Å². The van der Waals surface area contributed by atoms with Crippen LogP contribution in [0.2, 0.25) is 5.02 Å². The number of carbonyl (C=O) groups excluding carboxylic acids is 1. The molecule has 1 rings (SSSR count). The fourth-order valence-electron chi connectivity index (χ4n) is 1.55. The zero-order chi connectivity index (χ0) is 16.0. The van der Waals surface area contributed by atoms with Crippen LogP contribution in [0.1, 0.15) is 55.3 Å². The van der Waals surface area contributed by atoms with Crippen LogP contribution in [-0.2, 0) is 0 Å². The van der Waals surface area contributed by atoms with Gasteiger partial charge in [-0.1, -0.05) is 25.4 Å². The highest BCUT2D eigenvalue weighted by Gasteiger charge is 2.25. The smallest absolute Gasteiger partial charge is 0.351 e. The van der Waals surface area contributed by atoms with Gasteiger partial charge in [-0.05, 0) is 12.8 Å². The Morgan fingerprint density at radius 3 is 2.62 bits per heavy atom. The van der Waals surface area contributed by atoms with Gasteiger partial charge in [0.25, 0.3) is 5.91 Å². The SMILES string of the molecule is CC(C)c1ncc(Cl)c(C(=O)NCCCCC(F)(F)F)n1. The van der Waals surface area contributed by atoms with Gasteiger partial charge in [0.2, 0.25) is 0 Å². The van der Waals surface area contributed by atoms with E-state index < -0.39 is 18.5 Å². The molecular weight excluding hydrogens is 307 g/mol. The number of rotatable bonds is 6. The van der Waals surface area contributed by atoms with E-state index in [1.807, 2.05) is 13.8 Å². The van der Waals surface area contributed by atoms with Crippen LogP contribution in [0, 0.1) is 0 Å². The van der Waals surface area contributed by atoms with E-state index in [2.05, 4.69) is 15.3 Å². The Hall–Kier alpha value is -1.37. The summed E-state index contributed by atoms with van der Waals surface area (Å²) in [6.07, 6.45) is -3.45. The molecule has 1 aromatic rings. The zero-order valence-corrected chi connectivity index (χ0v) is 12.6. The van der Waals surface area contributed by atoms with Crippen molar-refractivity contribution < 1.29 is 18.0 Å². The average Bonchev–Trinajstić information content (AvgIpc) is 2.36. The number of nitrogens with zero attached hydrogens (tertiary/aromatic N) is 2. The van der Waals surface area contributed by atoms with Crippen molar-refractivity contribution in [2.45, 2.75) is 45.2 Å². The maximum atomic E-state index is 12.0. The molecule has 0 radical (unpaired) electrons. The first kappa shape index (κ1) is 17.7. The molecule has 21 heavy (non-hydrogen) atoms. The van der Waals surface area contributed by atoms with Crippen LogP contribution >= 0.6 is 11.6 Å². The average molecular weight is 324 g/mol. The van der Waals surface area contributed by atoms with Crippen molar-refractivity contribution in [3.05, 3.63) is 22.7 Å². The first-order valence-electron chi connectivity index (χ1n) is 6.58. The topological polar surface area (TPSA) is 54.9 Å². The predicted octanol–water partition coefficient (Wildman–Crippen LogP) is 3.72. The fourth-order valence-corrected chi connectivity index (χ4v) is 1.73. The molecule has 0 unspecified atom stereocenters. The summed E-state index contributed by atoms with van der Waals surface area (Å²) in [5, 5.41) is 2.63. The molecule has 1 amide bonds. The van der Waals surface area contributed by atoms with Gasteiger partial charge in [-0.2, -0.15) is 13.2 Å². The minimum Gasteiger partial charge on any atom is -0.351 e. The van der Waals surface area contributed by atoms with E-state index in [0.29, 0.717) is 5.82 Å². The summed E-state index contributed by atoms with van der Waals surface area (Å²) in [6, 6.07) is 0. The lowest BCUT2D eigenvalue weighted by molar-refractivity contribution is -0.135. The number of aromatic nitrogens is 2. The second-order valence-corrected chi connectivity index (χ2v) is 5.31. The number of unbranched alkanes of at least 4 members (excludes halogenated alkanes) is 1. The van der Waals surface area contributed by atoms with Gasteiger partial charge >= 0.3 is 6.18 Å². The van der Waals surface area contributed by atoms with Crippen molar-refractivity contribution in [3.8, 4) is 0 Å². The third-order valence-corrected chi connectivity index (χ3v) is 2.94. The Bertz CT molecular complexity index is 492. The Morgan fingerprint density at radius 2 is 2.05 bits per heavy atom. The number of carbonyl (C=O) groups is 1. The Labute approximate surface area is 126 Å². The van der Waals surface area contributed by atoms with Gasteiger partial charge < -0.3 is 5.32 Å². The minimum absolute atomic E-state index is 0.0292. The second-order valence-electron chi connectivity index (χ2n) is 4.91. The van der Waals surface area contributed by atoms with Gasteiger partial charge in [-0.25, -0.2) is 9.97 Å². The number of amides is 1. The molecule has 1 N–H and O–H groups in total. The molecule has 4 nitrogen and oxygen atoms in total. The Balaban J connectivity index is 2.50. The molecule has 0 aliphatic carbocycles. The largest absolute Gasteiger partial charge is 0.389 e. The van der Waals surface area contributed by atoms with E-state index in [1.54, 1.807) is 0 Å². The van der Waals surface area contributed by atoms with Crippen LogP contribution in [0.4, 0.5) is 13.2 Å². The summed E-state index contributed by atoms with van der Waals surface area (Å²) in [6.45, 7) is 3.90. The summed E-state index contributed by atoms with van der Waals surface area (Å²) in [4.78, 5) is 20.0. The van der Waals surface area contributed by atoms with Crippen LogP contribution in [-0.4, -0.2) is 28.6 Å². The molecule has 0 atom stereocenters. The molecule has 0 aliphatic heterocycles. The third-order valence-electron chi connectivity index (χ3n) is 2.67. The van der Waals surface area contributed by atoms with Gasteiger partial charge in [0.05, 0.1) is 11.2 Å². The highest BCUT2D eigenvalue weighted by molar-refractivity contribution is 6.33. The number of hydrogen-bond acceptors (Lipinski definition) is 3. The number of hydrogen-bond donors (Lipinski definition) is 1. The van der Waals surface area contributed by atoms with Gasteiger partial charge in [-0.15, -0.1) is 0 Å². The lowest BCUT2D eigenvalue weighted by Gasteiger charge is -2.09. The van der Waals surface area contributed by atoms with E-state index in [1.165, 1.54) is 6.20 Å². The van der Waals surface area contributed by atoms with Crippen LogP contribution in [0.5, 0.6) is 0 Å². The predicted molar refractivity (Wildman–Crippen MR) is 73.4 cm³/mol. The summed E-state index contributed by atoms with van der Waals surface area (Å²) in [5.74, 6) is 0.0264. The van der Waals surface area contributed by atoms with Crippen molar-refractivity contribution in [2.24, 2.45) is 0 Å². The van der Waals surface area contributed by atoms with Crippen molar-refractivity contribution in [2.75, 3.05) is 6.54 Å². The maximum Gasteiger partial charge on any atom is 0.389 e. The fraction of sp³-hybridized carbons (Fsp3) is 0.615. The van der Waals surface area contributed by atoms with Gasteiger partial charge in [-0.3, -0.25) is 4.79 Å². The first-order chi connectivity index (χ1) is 9.70. The lowest BCUT2D eigenvalue weighted by Crippen LogP contribution is -2.26. The van der Waals surface area contributed by atoms with Crippen molar-refractivity contribution in [3.63, 3.8) is 0 Å². The maximum absolute atomic E-state index is 12.0. The normalized spacial score (nSPS) is 11.8. The molecule has 0 saturated heterocycles. The monoisotopic (exact) mass is 323 g/mol. The molecule has 0 aliphatic rings. The van der Waals surface area contributed by atoms with Crippen molar-refractivity contribution in [1.29, 1.82) is 0 Å². The molecule has 0 fully saturated rings. The van der Waals surface area contributed by atoms with Crippen LogP contribution in [0.15, 0.2) is 6.20 Å². The number of nitrogens with one attached hydrogen (secondary N) is 1. The van der Waals surface area contributed by atoms with E-state index in [9.17, 15) is 18.0 Å². The van der Waals surface area contributed by atoms with E-state index in [4.69, 9.17) is 11.6 Å². The summed E-state index contributed by atoms with van der Waals surface area (Å²) < 4.78 is 35.9. The second kappa shape index (κ2) is 7.59. The molecule has 8 heteroatoms. The number of halogens is 4. The highest BCUT2D eigenvalue weighted by Crippen LogP contribution is 2.22. The standard InChI is InChI=1S/C13H17ClF3N3O/c1-8(2)11-19-7-9(14)10(20-11)12(21)18-6-4-3-5-13(15,16)17/h7-8H,3-6H2,1-2H3,(H,18,21). The Morgan fingerprint density at radius 1 is 1.38 bits per heavy atom. The van der Waals surface area contributed by atoms with Crippen molar-refractivity contribution >= 4 is 17.5 Å². The zero-order valence-electron chi connectivity index (χ0n) is 11.8. The summed E-state index contributed by atoms with van der Waals surface area (Å²) in [5.41, 5.74) is 0.0474. The molecule has 0 spiro atoms. The number of alkyl halides is 3. The Kier molecular flexibility index (Phi) is 6.39. The van der Waals surface area contributed by atoms with Crippen molar-refractivity contribution in [1.82, 2.24) is 15.3 Å². The quantitative estimate of drug-likeness (QED) is 0.812. The molecule has 0 saturated carbocycles. The van der Waals surface area contributed by atoms with E-state index in [0.717, 1.165) is 0 Å². The van der Waals surface area contributed by atoms with E-state index in [-0.39, 0.29) is 36.0 Å². The minimum atomic E-state index is -4.16. The lowest BCUT2D eigenvalue weighted by atomic mass is 10.2. The molecule has 1 heterocycles. The van der Waals surface area contributed by atoms with Crippen LogP contribution in [0.3, 0.4) is 0 Å².